The highest BCUT2D eigenvalue weighted by molar-refractivity contribution is 5.97. The summed E-state index contributed by atoms with van der Waals surface area (Å²) < 4.78 is 35.6. The van der Waals surface area contributed by atoms with Gasteiger partial charge in [-0.05, 0) is 42.8 Å². The van der Waals surface area contributed by atoms with E-state index in [-0.39, 0.29) is 18.1 Å². The van der Waals surface area contributed by atoms with Crippen molar-refractivity contribution in [2.75, 3.05) is 12.0 Å². The van der Waals surface area contributed by atoms with E-state index in [0.717, 1.165) is 4.68 Å². The van der Waals surface area contributed by atoms with E-state index < -0.39 is 18.1 Å². The van der Waals surface area contributed by atoms with E-state index in [1.165, 1.54) is 36.7 Å². The molecule has 0 unspecified atom stereocenters. The second kappa shape index (κ2) is 8.96. The lowest BCUT2D eigenvalue weighted by Gasteiger charge is -2.11. The number of carbonyl (C=O) groups is 1. The van der Waals surface area contributed by atoms with Crippen molar-refractivity contribution >= 4 is 22.9 Å². The minimum atomic E-state index is -2.98. The molecule has 0 atom stereocenters. The lowest BCUT2D eigenvalue weighted by Crippen LogP contribution is -2.32. The number of para-hydroxylation sites is 1. The van der Waals surface area contributed by atoms with Gasteiger partial charge in [0.05, 0.1) is 17.5 Å². The lowest BCUT2D eigenvalue weighted by molar-refractivity contribution is -0.112. The third-order valence-corrected chi connectivity index (χ3v) is 3.81. The van der Waals surface area contributed by atoms with Gasteiger partial charge in [-0.15, -0.1) is 0 Å². The topological polar surface area (TPSA) is 82.5 Å². The van der Waals surface area contributed by atoms with E-state index in [1.54, 1.807) is 31.2 Å². The number of carbonyl (C=O) groups excluding carboxylic acids is 1. The average molecular weight is 401 g/mol. The van der Waals surface area contributed by atoms with E-state index in [0.29, 0.717) is 16.5 Å². The summed E-state index contributed by atoms with van der Waals surface area (Å²) in [6, 6.07) is 11.1. The van der Waals surface area contributed by atoms with Crippen molar-refractivity contribution in [3.8, 4) is 11.5 Å². The van der Waals surface area contributed by atoms with E-state index in [9.17, 15) is 18.4 Å². The first kappa shape index (κ1) is 20.0. The standard InChI is InChI=1S/C20H17F2N3O4/c1-2-28-17-11-13(7-9-16(17)29-20(21)22)8-10-18(26)24-25-12-23-15-6-4-3-5-14(15)19(25)27/h3-12,20H,2H2,1H3,(H,24,26)/b10-8+. The van der Waals surface area contributed by atoms with Crippen LogP contribution in [0.25, 0.3) is 17.0 Å². The molecule has 7 nitrogen and oxygen atoms in total. The first-order chi connectivity index (χ1) is 14.0. The Bertz CT molecular complexity index is 1110. The molecule has 0 aliphatic heterocycles. The van der Waals surface area contributed by atoms with E-state index in [2.05, 4.69) is 15.1 Å². The van der Waals surface area contributed by atoms with Crippen LogP contribution in [-0.2, 0) is 4.79 Å². The zero-order chi connectivity index (χ0) is 20.8. The second-order valence-corrected chi connectivity index (χ2v) is 5.76. The molecule has 3 aromatic rings. The van der Waals surface area contributed by atoms with Gasteiger partial charge in [0, 0.05) is 6.08 Å². The molecular weight excluding hydrogens is 384 g/mol. The number of halogens is 2. The van der Waals surface area contributed by atoms with Gasteiger partial charge in [0.15, 0.2) is 11.5 Å². The maximum atomic E-state index is 12.5. The van der Waals surface area contributed by atoms with Crippen LogP contribution in [0.4, 0.5) is 8.78 Å². The molecule has 3 rings (SSSR count). The Morgan fingerprint density at radius 3 is 2.79 bits per heavy atom. The van der Waals surface area contributed by atoms with Gasteiger partial charge in [0.25, 0.3) is 11.5 Å². The third kappa shape index (κ3) is 4.95. The van der Waals surface area contributed by atoms with Gasteiger partial charge >= 0.3 is 6.61 Å². The van der Waals surface area contributed by atoms with Crippen LogP contribution in [-0.4, -0.2) is 28.8 Å². The smallest absolute Gasteiger partial charge is 0.387 e. The summed E-state index contributed by atoms with van der Waals surface area (Å²) in [7, 11) is 0. The molecule has 0 saturated carbocycles. The van der Waals surface area contributed by atoms with Crippen LogP contribution in [0.5, 0.6) is 11.5 Å². The maximum absolute atomic E-state index is 12.5. The average Bonchev–Trinajstić information content (AvgIpc) is 2.70. The summed E-state index contributed by atoms with van der Waals surface area (Å²) in [5.74, 6) is -0.544. The Labute approximate surface area is 164 Å². The van der Waals surface area contributed by atoms with Crippen LogP contribution in [0, 0.1) is 0 Å². The molecule has 1 aromatic heterocycles. The highest BCUT2D eigenvalue weighted by atomic mass is 19.3. The van der Waals surface area contributed by atoms with Gasteiger partial charge in [0.2, 0.25) is 0 Å². The summed E-state index contributed by atoms with van der Waals surface area (Å²) in [6.07, 6.45) is 3.87. The van der Waals surface area contributed by atoms with Crippen molar-refractivity contribution in [1.82, 2.24) is 9.66 Å². The first-order valence-corrected chi connectivity index (χ1v) is 8.65. The highest BCUT2D eigenvalue weighted by Crippen LogP contribution is 2.30. The number of alkyl halides is 2. The number of amides is 1. The number of benzene rings is 2. The molecule has 0 aliphatic rings. The number of nitrogens with one attached hydrogen (secondary N) is 1. The number of ether oxygens (including phenoxy) is 2. The highest BCUT2D eigenvalue weighted by Gasteiger charge is 2.11. The molecule has 2 aromatic carbocycles. The predicted molar refractivity (Wildman–Crippen MR) is 104 cm³/mol. The van der Waals surface area contributed by atoms with Crippen LogP contribution >= 0.6 is 0 Å². The Morgan fingerprint density at radius 1 is 1.24 bits per heavy atom. The molecule has 1 heterocycles. The van der Waals surface area contributed by atoms with E-state index in [1.807, 2.05) is 0 Å². The molecule has 0 bridgehead atoms. The normalized spacial score (nSPS) is 11.2. The third-order valence-electron chi connectivity index (χ3n) is 3.81. The molecule has 0 spiro atoms. The minimum Gasteiger partial charge on any atom is -0.490 e. The Hall–Kier alpha value is -3.75. The van der Waals surface area contributed by atoms with Gasteiger partial charge in [-0.3, -0.25) is 15.0 Å². The quantitative estimate of drug-likeness (QED) is 0.615. The largest absolute Gasteiger partial charge is 0.490 e. The van der Waals surface area contributed by atoms with Crippen LogP contribution < -0.4 is 20.5 Å². The lowest BCUT2D eigenvalue weighted by atomic mass is 10.2. The van der Waals surface area contributed by atoms with Gasteiger partial charge in [0.1, 0.15) is 6.33 Å². The molecule has 1 N–H and O–H groups in total. The van der Waals surface area contributed by atoms with Crippen molar-refractivity contribution in [3.05, 3.63) is 70.8 Å². The molecular formula is C20H17F2N3O4. The number of aromatic nitrogens is 2. The Kier molecular flexibility index (Phi) is 6.18. The van der Waals surface area contributed by atoms with E-state index >= 15 is 0 Å². The molecule has 150 valence electrons. The second-order valence-electron chi connectivity index (χ2n) is 5.76. The van der Waals surface area contributed by atoms with Crippen molar-refractivity contribution in [2.24, 2.45) is 0 Å². The SMILES string of the molecule is CCOc1cc(/C=C/C(=O)Nn2cnc3ccccc3c2=O)ccc1OC(F)F. The summed E-state index contributed by atoms with van der Waals surface area (Å²) >= 11 is 0. The van der Waals surface area contributed by atoms with Crippen LogP contribution in [0.15, 0.2) is 59.7 Å². The van der Waals surface area contributed by atoms with Gasteiger partial charge < -0.3 is 9.47 Å². The fourth-order valence-electron chi connectivity index (χ4n) is 2.57. The molecule has 1 amide bonds. The van der Waals surface area contributed by atoms with Gasteiger partial charge in [-0.2, -0.15) is 8.78 Å². The molecule has 9 heteroatoms. The zero-order valence-electron chi connectivity index (χ0n) is 15.3. The number of hydrogen-bond donors (Lipinski definition) is 1. The van der Waals surface area contributed by atoms with Crippen molar-refractivity contribution < 1.29 is 23.0 Å². The van der Waals surface area contributed by atoms with Crippen LogP contribution in [0.2, 0.25) is 0 Å². The predicted octanol–water partition coefficient (Wildman–Crippen LogP) is 3.18. The number of hydrogen-bond acceptors (Lipinski definition) is 5. The fraction of sp³-hybridized carbons (Fsp3) is 0.150. The van der Waals surface area contributed by atoms with Gasteiger partial charge in [-0.1, -0.05) is 18.2 Å². The molecule has 0 fully saturated rings. The maximum Gasteiger partial charge on any atom is 0.387 e. The summed E-state index contributed by atoms with van der Waals surface area (Å²) in [6.45, 7) is -1.02. The zero-order valence-corrected chi connectivity index (χ0v) is 15.3. The minimum absolute atomic E-state index is 0.0998. The number of nitrogens with zero attached hydrogens (tertiary/aromatic N) is 2. The Balaban J connectivity index is 1.76. The number of rotatable bonds is 7. The van der Waals surface area contributed by atoms with E-state index in [4.69, 9.17) is 4.74 Å². The fourth-order valence-corrected chi connectivity index (χ4v) is 2.57. The summed E-state index contributed by atoms with van der Waals surface area (Å²) in [5, 5.41) is 0.371. The molecule has 0 aliphatic carbocycles. The van der Waals surface area contributed by atoms with Crippen LogP contribution in [0.1, 0.15) is 12.5 Å². The molecule has 0 radical (unpaired) electrons. The van der Waals surface area contributed by atoms with Crippen molar-refractivity contribution in [1.29, 1.82) is 0 Å². The monoisotopic (exact) mass is 401 g/mol. The van der Waals surface area contributed by atoms with Crippen molar-refractivity contribution in [3.63, 3.8) is 0 Å². The van der Waals surface area contributed by atoms with Crippen LogP contribution in [0.3, 0.4) is 0 Å². The summed E-state index contributed by atoms with van der Waals surface area (Å²) in [4.78, 5) is 28.6. The van der Waals surface area contributed by atoms with Gasteiger partial charge in [-0.25, -0.2) is 9.66 Å². The first-order valence-electron chi connectivity index (χ1n) is 8.65. The Morgan fingerprint density at radius 2 is 2.03 bits per heavy atom. The summed E-state index contributed by atoms with van der Waals surface area (Å²) in [5.41, 5.74) is 3.04. The molecule has 29 heavy (non-hydrogen) atoms. The molecule has 0 saturated heterocycles. The number of fused-ring (bicyclic) bond motifs is 1. The van der Waals surface area contributed by atoms with Crippen molar-refractivity contribution in [2.45, 2.75) is 13.5 Å².